The lowest BCUT2D eigenvalue weighted by Gasteiger charge is -2.46. The highest BCUT2D eigenvalue weighted by atomic mass is 16.7. The molecule has 1 fully saturated rings. The van der Waals surface area contributed by atoms with Crippen LogP contribution in [0.15, 0.2) is 110 Å². The fourth-order valence-electron chi connectivity index (χ4n) is 7.36. The van der Waals surface area contributed by atoms with Crippen LogP contribution in [0, 0.1) is 17.8 Å². The third kappa shape index (κ3) is 16.2. The topological polar surface area (TPSA) is 237 Å². The Morgan fingerprint density at radius 2 is 1.35 bits per heavy atom. The molecule has 342 valence electrons. The second-order valence-corrected chi connectivity index (χ2v) is 16.7. The van der Waals surface area contributed by atoms with Crippen molar-refractivity contribution >= 4 is 59.3 Å². The van der Waals surface area contributed by atoms with Crippen molar-refractivity contribution in [2.75, 3.05) is 11.9 Å². The second-order valence-electron chi connectivity index (χ2n) is 16.7. The van der Waals surface area contributed by atoms with Gasteiger partial charge in [-0.1, -0.05) is 44.1 Å². The summed E-state index contributed by atoms with van der Waals surface area (Å²) >= 11 is 0. The maximum absolute atomic E-state index is 12.9. The van der Waals surface area contributed by atoms with Gasteiger partial charge in [0.15, 0.2) is 0 Å². The molecular formula is C47H54N8O10. The molecule has 65 heavy (non-hydrogen) atoms. The van der Waals surface area contributed by atoms with Gasteiger partial charge in [-0.25, -0.2) is 28.8 Å². The molecule has 0 bridgehead atoms. The number of nitrogens with one attached hydrogen (secondary N) is 4. The van der Waals surface area contributed by atoms with E-state index in [4.69, 9.17) is 19.1 Å². The summed E-state index contributed by atoms with van der Waals surface area (Å²) in [5.74, 6) is 0.509. The molecule has 2 atom stereocenters. The van der Waals surface area contributed by atoms with Crippen LogP contribution in [0.1, 0.15) is 97.8 Å². The van der Waals surface area contributed by atoms with Crippen LogP contribution in [0.25, 0.3) is 0 Å². The van der Waals surface area contributed by atoms with Gasteiger partial charge in [-0.15, -0.1) is 0 Å². The normalized spacial score (nSPS) is 17.4. The fraction of sp³-hybridized carbons (Fsp3) is 0.362. The Kier molecular flexibility index (Phi) is 17.8. The van der Waals surface area contributed by atoms with Gasteiger partial charge >= 0.3 is 24.4 Å². The summed E-state index contributed by atoms with van der Waals surface area (Å²) in [6.45, 7) is 16.9. The zero-order valence-electron chi connectivity index (χ0n) is 37.9. The zero-order chi connectivity index (χ0) is 47.7. The van der Waals surface area contributed by atoms with Crippen molar-refractivity contribution in [2.45, 2.75) is 94.0 Å². The zero-order valence-corrected chi connectivity index (χ0v) is 37.9. The number of hydrogen-bond acceptors (Lipinski definition) is 14. The number of isocyanates is 2. The Morgan fingerprint density at radius 3 is 1.92 bits per heavy atom. The van der Waals surface area contributed by atoms with Gasteiger partial charge in [0.25, 0.3) is 0 Å². The largest absolute Gasteiger partial charge is 0.433 e. The third-order valence-corrected chi connectivity index (χ3v) is 10.3. The smallest absolute Gasteiger partial charge is 0.410 e. The van der Waals surface area contributed by atoms with Gasteiger partial charge in [0.1, 0.15) is 11.5 Å². The molecular weight excluding hydrogens is 837 g/mol. The number of hydrogen-bond donors (Lipinski definition) is 4. The van der Waals surface area contributed by atoms with Crippen molar-refractivity contribution in [2.24, 2.45) is 31.1 Å². The quantitative estimate of drug-likeness (QED) is 0.0370. The summed E-state index contributed by atoms with van der Waals surface area (Å²) in [6, 6.07) is 17.5. The number of allylic oxidation sites excluding steroid dienone is 3. The highest BCUT2D eigenvalue weighted by molar-refractivity contribution is 5.99. The van der Waals surface area contributed by atoms with Crippen molar-refractivity contribution in [1.82, 2.24) is 16.0 Å². The van der Waals surface area contributed by atoms with Crippen molar-refractivity contribution in [3.05, 3.63) is 106 Å². The van der Waals surface area contributed by atoms with Crippen LogP contribution in [-0.2, 0) is 19.3 Å². The van der Waals surface area contributed by atoms with Gasteiger partial charge in [0.05, 0.1) is 22.8 Å². The summed E-state index contributed by atoms with van der Waals surface area (Å²) in [5.41, 5.74) is 4.62. The van der Waals surface area contributed by atoms with Crippen LogP contribution in [0.5, 0.6) is 11.5 Å². The molecule has 18 heteroatoms. The van der Waals surface area contributed by atoms with Crippen LogP contribution in [-0.4, -0.2) is 60.5 Å². The maximum Gasteiger partial charge on any atom is 0.433 e. The monoisotopic (exact) mass is 890 g/mol. The average molecular weight is 891 g/mol. The standard InChI is InChI=1S/C47H54N8O10/c1-10-29(2)40(49-27-56)21-31(4)51-43(59)62-38-17-12-34(13-18-38)32(5)54-64-42(58)48-26-47(9)24-37(23-46(7,8)25-47)53-45(61)65-55-33(6)35-14-19-39(20-15-35)63-44(60)52-36-16-11-30(3)41(22-36)50-28-57/h11-22,37H,10,23-26H2,1-9H3,(H,48,58)(H,51,59)(H,52,60)(H,53,61)/b31-21+,40-29+,54-32+,55-33+. The predicted octanol–water partition coefficient (Wildman–Crippen LogP) is 9.77. The molecule has 1 aliphatic carbocycles. The predicted molar refractivity (Wildman–Crippen MR) is 244 cm³/mol. The molecule has 0 heterocycles. The lowest BCUT2D eigenvalue weighted by atomic mass is 9.62. The van der Waals surface area contributed by atoms with Gasteiger partial charge in [-0.2, -0.15) is 9.98 Å². The van der Waals surface area contributed by atoms with Gasteiger partial charge in [-0.3, -0.25) is 20.3 Å². The summed E-state index contributed by atoms with van der Waals surface area (Å²) in [5, 5.41) is 18.8. The van der Waals surface area contributed by atoms with E-state index in [2.05, 4.69) is 55.4 Å². The number of ether oxygens (including phenoxy) is 2. The molecule has 3 aromatic carbocycles. The van der Waals surface area contributed by atoms with E-state index in [9.17, 15) is 28.8 Å². The number of oxime groups is 2. The van der Waals surface area contributed by atoms with E-state index < -0.39 is 29.8 Å². The van der Waals surface area contributed by atoms with Crippen LogP contribution in [0.3, 0.4) is 0 Å². The van der Waals surface area contributed by atoms with E-state index in [0.717, 1.165) is 17.6 Å². The molecule has 0 aliphatic heterocycles. The van der Waals surface area contributed by atoms with Gasteiger partial charge in [-0.05, 0) is 160 Å². The van der Waals surface area contributed by atoms with E-state index in [0.29, 0.717) is 64.6 Å². The number of benzene rings is 3. The molecule has 2 unspecified atom stereocenters. The van der Waals surface area contributed by atoms with E-state index in [1.165, 1.54) is 18.2 Å². The molecule has 4 rings (SSSR count). The number of amides is 4. The Bertz CT molecular complexity index is 2460. The first-order valence-electron chi connectivity index (χ1n) is 20.7. The first-order valence-corrected chi connectivity index (χ1v) is 20.7. The fourth-order valence-corrected chi connectivity index (χ4v) is 7.36. The highest BCUT2D eigenvalue weighted by Crippen LogP contribution is 2.45. The summed E-state index contributed by atoms with van der Waals surface area (Å²) in [7, 11) is 0. The molecule has 0 radical (unpaired) electrons. The Balaban J connectivity index is 1.23. The molecule has 4 amide bonds. The van der Waals surface area contributed by atoms with Gasteiger partial charge in [0.2, 0.25) is 12.2 Å². The first-order chi connectivity index (χ1) is 30.8. The number of carbonyl (C=O) groups is 4. The lowest BCUT2D eigenvalue weighted by molar-refractivity contribution is 0.0630. The highest BCUT2D eigenvalue weighted by Gasteiger charge is 2.42. The minimum absolute atomic E-state index is 0.188. The van der Waals surface area contributed by atoms with Crippen LogP contribution >= 0.6 is 0 Å². The minimum Gasteiger partial charge on any atom is -0.410 e. The number of nitrogens with zero attached hydrogens (tertiary/aromatic N) is 4. The van der Waals surface area contributed by atoms with Crippen molar-refractivity contribution in [3.63, 3.8) is 0 Å². The Labute approximate surface area is 377 Å². The summed E-state index contributed by atoms with van der Waals surface area (Å²) < 4.78 is 10.7. The molecule has 0 aromatic heterocycles. The van der Waals surface area contributed by atoms with E-state index in [-0.39, 0.29) is 29.5 Å². The number of rotatable bonds is 15. The molecule has 18 nitrogen and oxygen atoms in total. The number of anilines is 1. The molecule has 4 N–H and O–H groups in total. The van der Waals surface area contributed by atoms with E-state index in [1.807, 2.05) is 20.8 Å². The lowest BCUT2D eigenvalue weighted by Crippen LogP contribution is -2.50. The summed E-state index contributed by atoms with van der Waals surface area (Å²) in [6.07, 6.45) is 4.22. The molecule has 0 saturated heterocycles. The van der Waals surface area contributed by atoms with Crippen LogP contribution < -0.4 is 30.7 Å². The maximum atomic E-state index is 12.9. The molecule has 3 aromatic rings. The van der Waals surface area contributed by atoms with E-state index in [1.54, 1.807) is 94.4 Å². The average Bonchev–Trinajstić information content (AvgIpc) is 3.24. The SMILES string of the molecule is CC/C(C)=C(\C=C(/C)NC(=O)Oc1ccc(/C(C)=N/OC(=O)NCC2(C)CC(NC(=O)O/N=C(\C)c3ccc(OC(=O)Nc4ccc(C)c(N=C=O)c4)cc3)CC(C)(C)C2)cc1)N=C=O. The molecule has 1 aliphatic rings. The number of aliphatic imine (C=N–C) groups is 2. The van der Waals surface area contributed by atoms with Crippen molar-refractivity contribution < 1.29 is 47.9 Å². The van der Waals surface area contributed by atoms with Gasteiger partial charge in [0, 0.05) is 24.0 Å². The van der Waals surface area contributed by atoms with E-state index >= 15 is 0 Å². The van der Waals surface area contributed by atoms with Crippen molar-refractivity contribution in [1.29, 1.82) is 0 Å². The van der Waals surface area contributed by atoms with Crippen LogP contribution in [0.2, 0.25) is 0 Å². The number of carbonyl (C=O) groups excluding carboxylic acids is 6. The van der Waals surface area contributed by atoms with Crippen LogP contribution in [0.4, 0.5) is 30.6 Å². The first kappa shape index (κ1) is 50.0. The molecule has 1 saturated carbocycles. The molecule has 0 spiro atoms. The third-order valence-electron chi connectivity index (χ3n) is 10.3. The Hall–Kier alpha value is -7.68. The van der Waals surface area contributed by atoms with Gasteiger partial charge < -0.3 is 20.1 Å². The second kappa shape index (κ2) is 23.1. The number of aryl methyl sites for hydroxylation is 1. The van der Waals surface area contributed by atoms with Crippen molar-refractivity contribution in [3.8, 4) is 11.5 Å². The summed E-state index contributed by atoms with van der Waals surface area (Å²) in [4.78, 5) is 89.7. The minimum atomic E-state index is -0.750. The Morgan fingerprint density at radius 1 is 0.769 bits per heavy atom.